The second kappa shape index (κ2) is 10.7. The van der Waals surface area contributed by atoms with E-state index in [1.165, 1.54) is 28.4 Å². The van der Waals surface area contributed by atoms with Crippen LogP contribution in [0.3, 0.4) is 0 Å². The minimum Gasteiger partial charge on any atom is -0.364 e. The minimum atomic E-state index is 0. The van der Waals surface area contributed by atoms with Crippen molar-refractivity contribution in [1.82, 2.24) is 9.97 Å². The third-order valence-electron chi connectivity index (χ3n) is 4.66. The summed E-state index contributed by atoms with van der Waals surface area (Å²) in [5.41, 5.74) is 4.93. The van der Waals surface area contributed by atoms with Crippen molar-refractivity contribution < 1.29 is 17.1 Å². The number of aromatic amines is 2. The molecule has 2 aliphatic carbocycles. The van der Waals surface area contributed by atoms with Crippen LogP contribution in [0.1, 0.15) is 28.4 Å². The van der Waals surface area contributed by atoms with E-state index in [0.717, 1.165) is 0 Å². The summed E-state index contributed by atoms with van der Waals surface area (Å²) in [6, 6.07) is 17.2. The molecule has 0 spiro atoms. The maximum atomic E-state index is 3.35. The Morgan fingerprint density at radius 2 is 1.07 bits per heavy atom. The molecule has 2 saturated carbocycles. The minimum absolute atomic E-state index is 0. The van der Waals surface area contributed by atoms with Crippen molar-refractivity contribution in [3.8, 4) is 0 Å². The van der Waals surface area contributed by atoms with Gasteiger partial charge in [0, 0.05) is 29.7 Å². The number of benzene rings is 1. The van der Waals surface area contributed by atoms with Crippen LogP contribution in [0.25, 0.3) is 0 Å². The monoisotopic (exact) mass is 406 g/mol. The van der Waals surface area contributed by atoms with E-state index in [1.54, 1.807) is 0 Å². The van der Waals surface area contributed by atoms with Gasteiger partial charge in [0.2, 0.25) is 0 Å². The molecule has 0 aliphatic heterocycles. The molecule has 2 heterocycles. The predicted molar refractivity (Wildman–Crippen MR) is 110 cm³/mol. The normalized spacial score (nSPS) is 16.6. The summed E-state index contributed by atoms with van der Waals surface area (Å²) in [5.74, 6) is 1.47. The van der Waals surface area contributed by atoms with Crippen LogP contribution >= 0.6 is 0 Å². The second-order valence-corrected chi connectivity index (χ2v) is 6.44. The maximum Gasteiger partial charge on any atom is 2.00 e. The zero-order chi connectivity index (χ0) is 18.3. The number of H-pyrrole nitrogens is 2. The van der Waals surface area contributed by atoms with Crippen molar-refractivity contribution in [1.29, 1.82) is 0 Å². The Balaban J connectivity index is 0.000000329. The van der Waals surface area contributed by atoms with Crippen molar-refractivity contribution in [2.75, 3.05) is 0 Å². The van der Waals surface area contributed by atoms with Crippen molar-refractivity contribution in [2.45, 2.75) is 5.92 Å². The Morgan fingerprint density at radius 1 is 0.571 bits per heavy atom. The summed E-state index contributed by atoms with van der Waals surface area (Å²) in [4.78, 5) is 6.69. The average Bonchev–Trinajstić information content (AvgIpc) is 3.54. The fourth-order valence-electron chi connectivity index (χ4n) is 3.33. The van der Waals surface area contributed by atoms with E-state index in [2.05, 4.69) is 72.0 Å². The molecule has 0 atom stereocenters. The number of rotatable bonds is 4. The first-order valence-corrected chi connectivity index (χ1v) is 9.17. The van der Waals surface area contributed by atoms with Crippen molar-refractivity contribution in [3.05, 3.63) is 147 Å². The van der Waals surface area contributed by atoms with Crippen LogP contribution < -0.4 is 0 Å². The summed E-state index contributed by atoms with van der Waals surface area (Å²) in [7, 11) is 0. The molecule has 2 nitrogen and oxygen atoms in total. The zero-order valence-electron chi connectivity index (χ0n) is 15.4. The van der Waals surface area contributed by atoms with Crippen LogP contribution in [0.5, 0.6) is 0 Å². The number of hydrogen-bond donors (Lipinski definition) is 2. The summed E-state index contributed by atoms with van der Waals surface area (Å²) in [5, 5.41) is 0. The molecular formula is C25H22FeN2+2. The smallest absolute Gasteiger partial charge is 0.364 e. The third-order valence-corrected chi connectivity index (χ3v) is 4.66. The molecular weight excluding hydrogens is 384 g/mol. The van der Waals surface area contributed by atoms with E-state index in [9.17, 15) is 0 Å². The second-order valence-electron chi connectivity index (χ2n) is 6.44. The molecule has 5 rings (SSSR count). The molecule has 28 heavy (non-hydrogen) atoms. The Morgan fingerprint density at radius 3 is 1.50 bits per heavy atom. The molecule has 3 heteroatoms. The zero-order valence-corrected chi connectivity index (χ0v) is 16.5. The standard InChI is InChI=1S/C20H17N2.C5H5.Fe/c1-2-6-15(5-1)16-9-11-17(12-10-16)20(18-7-3-13-21-18)19-8-4-14-22-19;1-2-4-5-3-1;/h1-14,20-22H;1-5H;/q;;+2. The van der Waals surface area contributed by atoms with E-state index >= 15 is 0 Å². The molecule has 2 N–H and O–H groups in total. The fourth-order valence-corrected chi connectivity index (χ4v) is 3.33. The van der Waals surface area contributed by atoms with Gasteiger partial charge in [-0.1, -0.05) is 24.3 Å². The van der Waals surface area contributed by atoms with Crippen molar-refractivity contribution in [2.24, 2.45) is 0 Å². The molecule has 2 aliphatic rings. The maximum absolute atomic E-state index is 3.35. The van der Waals surface area contributed by atoms with Crippen LogP contribution in [0.4, 0.5) is 0 Å². The van der Waals surface area contributed by atoms with Gasteiger partial charge < -0.3 is 9.97 Å². The summed E-state index contributed by atoms with van der Waals surface area (Å²) >= 11 is 0. The molecule has 0 saturated heterocycles. The molecule has 2 aromatic heterocycles. The van der Waals surface area contributed by atoms with Gasteiger partial charge >= 0.3 is 17.1 Å². The van der Waals surface area contributed by atoms with Crippen molar-refractivity contribution >= 4 is 0 Å². The fraction of sp³-hybridized carbons (Fsp3) is 0.0400. The van der Waals surface area contributed by atoms with E-state index in [4.69, 9.17) is 0 Å². The average molecular weight is 406 g/mol. The van der Waals surface area contributed by atoms with Crippen LogP contribution in [0.2, 0.25) is 0 Å². The molecule has 0 bridgehead atoms. The molecule has 0 unspecified atom stereocenters. The summed E-state index contributed by atoms with van der Waals surface area (Å²) < 4.78 is 0. The third kappa shape index (κ3) is 5.21. The Hall–Kier alpha value is -1.70. The van der Waals surface area contributed by atoms with Gasteiger partial charge in [-0.2, -0.15) is 0 Å². The molecule has 10 radical (unpaired) electrons. The SMILES string of the molecule is [CH]1[CH][CH][CH][CH]1.[CH]1[CH][CH][C](c2ccc(C(c3ccc[nH]3)c3ccc[nH]3)cc2)[CH]1.[Fe+2]. The largest absolute Gasteiger partial charge is 2.00 e. The van der Waals surface area contributed by atoms with Gasteiger partial charge in [0.25, 0.3) is 0 Å². The first-order valence-electron chi connectivity index (χ1n) is 9.17. The van der Waals surface area contributed by atoms with E-state index in [1.807, 2.05) is 56.6 Å². The molecule has 0 amide bonds. The molecule has 2 fully saturated rings. The summed E-state index contributed by atoms with van der Waals surface area (Å²) in [6.07, 6.45) is 22.4. The number of aromatic nitrogens is 2. The van der Waals surface area contributed by atoms with E-state index in [0.29, 0.717) is 0 Å². The van der Waals surface area contributed by atoms with Crippen LogP contribution in [0, 0.1) is 63.7 Å². The summed E-state index contributed by atoms with van der Waals surface area (Å²) in [6.45, 7) is 0. The predicted octanol–water partition coefficient (Wildman–Crippen LogP) is 5.30. The van der Waals surface area contributed by atoms with Gasteiger partial charge in [-0.25, -0.2) is 0 Å². The van der Waals surface area contributed by atoms with Gasteiger partial charge in [-0.3, -0.25) is 0 Å². The topological polar surface area (TPSA) is 31.6 Å². The number of nitrogens with one attached hydrogen (secondary N) is 2. The first kappa shape index (κ1) is 21.0. The molecule has 3 aromatic rings. The molecule has 138 valence electrons. The van der Waals surface area contributed by atoms with Gasteiger partial charge in [0.15, 0.2) is 0 Å². The Bertz CT molecular complexity index is 723. The van der Waals surface area contributed by atoms with Gasteiger partial charge in [0.05, 0.1) is 5.92 Å². The van der Waals surface area contributed by atoms with Crippen LogP contribution in [-0.2, 0) is 17.1 Å². The van der Waals surface area contributed by atoms with Crippen LogP contribution in [-0.4, -0.2) is 9.97 Å². The van der Waals surface area contributed by atoms with E-state index in [-0.39, 0.29) is 23.0 Å². The quantitative estimate of drug-likeness (QED) is 0.552. The Labute approximate surface area is 180 Å². The Kier molecular flexibility index (Phi) is 8.06. The van der Waals surface area contributed by atoms with Gasteiger partial charge in [-0.05, 0) is 93.2 Å². The van der Waals surface area contributed by atoms with Gasteiger partial charge in [-0.15, -0.1) is 0 Å². The first-order chi connectivity index (χ1) is 13.4. The van der Waals surface area contributed by atoms with Gasteiger partial charge in [0.1, 0.15) is 0 Å². The van der Waals surface area contributed by atoms with E-state index < -0.39 is 0 Å². The molecule has 1 aromatic carbocycles. The van der Waals surface area contributed by atoms with Crippen molar-refractivity contribution in [3.63, 3.8) is 0 Å². The van der Waals surface area contributed by atoms with Crippen LogP contribution in [0.15, 0.2) is 60.9 Å². The number of hydrogen-bond acceptors (Lipinski definition) is 0.